The van der Waals surface area contributed by atoms with E-state index < -0.39 is 0 Å². The van der Waals surface area contributed by atoms with E-state index >= 15 is 0 Å². The first-order valence-corrected chi connectivity index (χ1v) is 7.18. The lowest BCUT2D eigenvalue weighted by molar-refractivity contribution is 0.184. The summed E-state index contributed by atoms with van der Waals surface area (Å²) in [7, 11) is 1.74. The number of aryl methyl sites for hydroxylation is 1. The highest BCUT2D eigenvalue weighted by Crippen LogP contribution is 2.12. The fourth-order valence-electron chi connectivity index (χ4n) is 2.43. The quantitative estimate of drug-likeness (QED) is 0.828. The highest BCUT2D eigenvalue weighted by molar-refractivity contribution is 5.28. The monoisotopic (exact) mass is 269 g/mol. The Hall–Kier alpha value is -1.64. The van der Waals surface area contributed by atoms with Crippen LogP contribution in [0.1, 0.15) is 29.2 Å². The van der Waals surface area contributed by atoms with Crippen LogP contribution >= 0.6 is 0 Å². The molecule has 0 heterocycles. The second-order valence-electron chi connectivity index (χ2n) is 4.93. The molecule has 0 atom stereocenters. The second kappa shape index (κ2) is 7.83. The van der Waals surface area contributed by atoms with Crippen molar-refractivity contribution in [3.8, 4) is 0 Å². The third kappa shape index (κ3) is 3.92. The topological polar surface area (TPSA) is 21.3 Å². The van der Waals surface area contributed by atoms with Gasteiger partial charge in [-0.2, -0.15) is 0 Å². The van der Waals surface area contributed by atoms with Crippen LogP contribution in [0.5, 0.6) is 0 Å². The molecule has 0 unspecified atom stereocenters. The van der Waals surface area contributed by atoms with E-state index in [0.29, 0.717) is 6.61 Å². The predicted octanol–water partition coefficient (Wildman–Crippen LogP) is 3.69. The van der Waals surface area contributed by atoms with Gasteiger partial charge in [-0.15, -0.1) is 0 Å². The van der Waals surface area contributed by atoms with E-state index in [2.05, 4.69) is 60.8 Å². The average Bonchev–Trinajstić information content (AvgIpc) is 2.50. The number of benzene rings is 2. The zero-order chi connectivity index (χ0) is 14.2. The van der Waals surface area contributed by atoms with Crippen molar-refractivity contribution in [1.82, 2.24) is 5.32 Å². The van der Waals surface area contributed by atoms with Crippen molar-refractivity contribution in [3.05, 3.63) is 70.8 Å². The normalized spacial score (nSPS) is 10.7. The Morgan fingerprint density at radius 2 is 1.30 bits per heavy atom. The highest BCUT2D eigenvalue weighted by atomic mass is 16.5. The van der Waals surface area contributed by atoms with Crippen LogP contribution in [0.4, 0.5) is 0 Å². The molecule has 106 valence electrons. The van der Waals surface area contributed by atoms with Gasteiger partial charge in [0.15, 0.2) is 0 Å². The first-order valence-electron chi connectivity index (χ1n) is 7.18. The van der Waals surface area contributed by atoms with Gasteiger partial charge in [-0.1, -0.05) is 55.5 Å². The molecule has 0 saturated carbocycles. The van der Waals surface area contributed by atoms with Gasteiger partial charge in [-0.05, 0) is 28.7 Å². The first kappa shape index (κ1) is 14.8. The molecule has 0 bridgehead atoms. The van der Waals surface area contributed by atoms with Crippen molar-refractivity contribution in [2.45, 2.75) is 33.0 Å². The van der Waals surface area contributed by atoms with E-state index in [1.54, 1.807) is 7.11 Å². The molecule has 2 aromatic rings. The molecular formula is C18H23NO. The van der Waals surface area contributed by atoms with Gasteiger partial charge >= 0.3 is 0 Å². The van der Waals surface area contributed by atoms with Crippen LogP contribution in [0, 0.1) is 0 Å². The van der Waals surface area contributed by atoms with Gasteiger partial charge in [-0.3, -0.25) is 0 Å². The van der Waals surface area contributed by atoms with Crippen LogP contribution in [-0.2, 0) is 30.9 Å². The number of nitrogens with one attached hydrogen (secondary N) is 1. The van der Waals surface area contributed by atoms with Gasteiger partial charge in [0.1, 0.15) is 0 Å². The molecule has 0 aliphatic rings. The predicted molar refractivity (Wildman–Crippen MR) is 83.5 cm³/mol. The molecule has 2 nitrogen and oxygen atoms in total. The molecule has 0 spiro atoms. The number of ether oxygens (including phenoxy) is 1. The molecule has 0 amide bonds. The zero-order valence-corrected chi connectivity index (χ0v) is 12.4. The molecular weight excluding hydrogens is 246 g/mol. The summed E-state index contributed by atoms with van der Waals surface area (Å²) >= 11 is 0. The fourth-order valence-corrected chi connectivity index (χ4v) is 2.43. The van der Waals surface area contributed by atoms with Gasteiger partial charge in [0, 0.05) is 20.2 Å². The van der Waals surface area contributed by atoms with E-state index in [0.717, 1.165) is 19.5 Å². The van der Waals surface area contributed by atoms with Crippen LogP contribution < -0.4 is 5.32 Å². The van der Waals surface area contributed by atoms with Gasteiger partial charge in [0.05, 0.1) is 6.61 Å². The standard InChI is InChI=1S/C18H23NO/c1-3-15-8-4-5-9-16(15)12-19-13-17-10-6-7-11-18(17)14-20-2/h4-11,19H,3,12-14H2,1-2H3. The average molecular weight is 269 g/mol. The Bertz CT molecular complexity index is 536. The summed E-state index contributed by atoms with van der Waals surface area (Å²) in [6.45, 7) is 4.65. The van der Waals surface area contributed by atoms with Gasteiger partial charge in [-0.25, -0.2) is 0 Å². The van der Waals surface area contributed by atoms with Crippen LogP contribution in [0.15, 0.2) is 48.5 Å². The summed E-state index contributed by atoms with van der Waals surface area (Å²) in [4.78, 5) is 0. The minimum absolute atomic E-state index is 0.670. The van der Waals surface area contributed by atoms with Gasteiger partial charge in [0.25, 0.3) is 0 Å². The Labute approximate surface area is 121 Å². The number of rotatable bonds is 7. The van der Waals surface area contributed by atoms with E-state index in [1.165, 1.54) is 22.3 Å². The molecule has 2 aromatic carbocycles. The Morgan fingerprint density at radius 1 is 0.800 bits per heavy atom. The number of hydrogen-bond donors (Lipinski definition) is 1. The summed E-state index contributed by atoms with van der Waals surface area (Å²) < 4.78 is 5.24. The van der Waals surface area contributed by atoms with E-state index in [-0.39, 0.29) is 0 Å². The molecule has 2 rings (SSSR count). The van der Waals surface area contributed by atoms with Crippen LogP contribution in [0.2, 0.25) is 0 Å². The van der Waals surface area contributed by atoms with Crippen LogP contribution in [0.3, 0.4) is 0 Å². The maximum absolute atomic E-state index is 5.24. The van der Waals surface area contributed by atoms with Gasteiger partial charge < -0.3 is 10.1 Å². The molecule has 1 N–H and O–H groups in total. The molecule has 0 radical (unpaired) electrons. The van der Waals surface area contributed by atoms with Crippen LogP contribution in [0.25, 0.3) is 0 Å². The molecule has 0 aliphatic carbocycles. The molecule has 2 heteroatoms. The largest absolute Gasteiger partial charge is 0.380 e. The first-order chi connectivity index (χ1) is 9.85. The summed E-state index contributed by atoms with van der Waals surface area (Å²) in [5.74, 6) is 0. The maximum atomic E-state index is 5.24. The van der Waals surface area contributed by atoms with E-state index in [4.69, 9.17) is 4.74 Å². The van der Waals surface area contributed by atoms with Crippen molar-refractivity contribution < 1.29 is 4.74 Å². The minimum Gasteiger partial charge on any atom is -0.380 e. The number of hydrogen-bond acceptors (Lipinski definition) is 2. The molecule has 20 heavy (non-hydrogen) atoms. The Kier molecular flexibility index (Phi) is 5.78. The third-order valence-corrected chi connectivity index (χ3v) is 3.55. The summed E-state index contributed by atoms with van der Waals surface area (Å²) in [5, 5.41) is 3.54. The van der Waals surface area contributed by atoms with Crippen molar-refractivity contribution in [2.75, 3.05) is 7.11 Å². The Balaban J connectivity index is 1.96. The zero-order valence-electron chi connectivity index (χ0n) is 12.4. The lowest BCUT2D eigenvalue weighted by Gasteiger charge is -2.12. The molecule has 0 aromatic heterocycles. The second-order valence-corrected chi connectivity index (χ2v) is 4.93. The van der Waals surface area contributed by atoms with Crippen molar-refractivity contribution in [1.29, 1.82) is 0 Å². The van der Waals surface area contributed by atoms with E-state index in [9.17, 15) is 0 Å². The molecule has 0 fully saturated rings. The summed E-state index contributed by atoms with van der Waals surface area (Å²) in [5.41, 5.74) is 5.37. The van der Waals surface area contributed by atoms with E-state index in [1.807, 2.05) is 0 Å². The van der Waals surface area contributed by atoms with Crippen LogP contribution in [-0.4, -0.2) is 7.11 Å². The SMILES string of the molecule is CCc1ccccc1CNCc1ccccc1COC. The third-order valence-electron chi connectivity index (χ3n) is 3.55. The molecule has 0 saturated heterocycles. The highest BCUT2D eigenvalue weighted by Gasteiger charge is 2.02. The van der Waals surface area contributed by atoms with Crippen molar-refractivity contribution in [2.24, 2.45) is 0 Å². The maximum Gasteiger partial charge on any atom is 0.0716 e. The van der Waals surface area contributed by atoms with Crippen molar-refractivity contribution in [3.63, 3.8) is 0 Å². The smallest absolute Gasteiger partial charge is 0.0716 e. The summed E-state index contributed by atoms with van der Waals surface area (Å²) in [6, 6.07) is 17.0. The fraction of sp³-hybridized carbons (Fsp3) is 0.333. The van der Waals surface area contributed by atoms with Gasteiger partial charge in [0.2, 0.25) is 0 Å². The number of methoxy groups -OCH3 is 1. The minimum atomic E-state index is 0.670. The Morgan fingerprint density at radius 3 is 1.85 bits per heavy atom. The summed E-state index contributed by atoms with van der Waals surface area (Å²) in [6.07, 6.45) is 1.08. The molecule has 0 aliphatic heterocycles. The lowest BCUT2D eigenvalue weighted by Crippen LogP contribution is -2.15. The van der Waals surface area contributed by atoms with Crippen molar-refractivity contribution >= 4 is 0 Å². The lowest BCUT2D eigenvalue weighted by atomic mass is 10.0.